The van der Waals surface area contributed by atoms with E-state index in [0.717, 1.165) is 6.32 Å². The number of hydrogen-bond acceptors (Lipinski definition) is 0. The van der Waals surface area contributed by atoms with Crippen LogP contribution in [0.2, 0.25) is 6.32 Å². The number of rotatable bonds is 2. The Balaban J connectivity index is 3.16. The largest absolute Gasteiger partial charge is 0.276 e. The minimum Gasteiger partial charge on any atom is -0.189 e. The molecular weight excluding hydrogens is 130 g/mol. The van der Waals surface area contributed by atoms with Crippen LogP contribution in [0.15, 0.2) is 11.5 Å². The van der Waals surface area contributed by atoms with E-state index in [4.69, 9.17) is 23.1 Å². The van der Waals surface area contributed by atoms with Crippen LogP contribution in [0.25, 0.3) is 0 Å². The smallest absolute Gasteiger partial charge is 0.189 e. The van der Waals surface area contributed by atoms with Crippen LogP contribution in [0, 0.1) is 0 Å². The number of hydrogen-bond donors (Lipinski definition) is 0. The van der Waals surface area contributed by atoms with Gasteiger partial charge in [0, 0.05) is 0 Å². The molecular formula is C4H7BCl2. The maximum atomic E-state index is 5.59. The average Bonchev–Trinajstić information content (AvgIpc) is 1.68. The van der Waals surface area contributed by atoms with Gasteiger partial charge in [0.2, 0.25) is 0 Å². The monoisotopic (exact) mass is 136 g/mol. The van der Waals surface area contributed by atoms with E-state index in [0.29, 0.717) is 0 Å². The topological polar surface area (TPSA) is 0 Å². The molecule has 0 saturated heterocycles. The minimum absolute atomic E-state index is 0.109. The molecule has 0 nitrogen and oxygen atoms in total. The molecule has 0 saturated carbocycles. The van der Waals surface area contributed by atoms with Gasteiger partial charge < -0.3 is 0 Å². The Hall–Kier alpha value is 0.385. The molecule has 0 heterocycles. The second kappa shape index (κ2) is 4.54. The van der Waals surface area contributed by atoms with Crippen LogP contribution in [0.1, 0.15) is 6.92 Å². The van der Waals surface area contributed by atoms with Crippen LogP contribution in [-0.4, -0.2) is 6.13 Å². The van der Waals surface area contributed by atoms with Crippen molar-refractivity contribution in [2.24, 2.45) is 0 Å². The van der Waals surface area contributed by atoms with Crippen molar-refractivity contribution in [2.45, 2.75) is 13.2 Å². The van der Waals surface area contributed by atoms with Gasteiger partial charge in [-0.05, 0) is 5.54 Å². The fraction of sp³-hybridized carbons (Fsp3) is 0.500. The van der Waals surface area contributed by atoms with Crippen molar-refractivity contribution in [3.8, 4) is 0 Å². The third-order valence-electron chi connectivity index (χ3n) is 0.672. The van der Waals surface area contributed by atoms with Gasteiger partial charge >= 0.3 is 0 Å². The molecule has 7 heavy (non-hydrogen) atoms. The summed E-state index contributed by atoms with van der Waals surface area (Å²) in [5.74, 6) is 1.75. The Morgan fingerprint density at radius 3 is 2.43 bits per heavy atom. The highest BCUT2D eigenvalue weighted by Crippen LogP contribution is 1.98. The molecule has 0 aromatic heterocycles. The third kappa shape index (κ3) is 4.23. The fourth-order valence-electron chi connectivity index (χ4n) is 0.215. The van der Waals surface area contributed by atoms with Gasteiger partial charge in [-0.2, -0.15) is 11.5 Å². The van der Waals surface area contributed by atoms with Crippen LogP contribution >= 0.6 is 23.1 Å². The predicted molar refractivity (Wildman–Crippen MR) is 37.1 cm³/mol. The highest BCUT2D eigenvalue weighted by molar-refractivity contribution is 7.09. The van der Waals surface area contributed by atoms with E-state index in [-0.39, 0.29) is 6.13 Å². The molecule has 0 unspecified atom stereocenters. The molecule has 0 amide bonds. The summed E-state index contributed by atoms with van der Waals surface area (Å²) in [5, 5.41) is 0. The van der Waals surface area contributed by atoms with Crippen molar-refractivity contribution < 1.29 is 0 Å². The van der Waals surface area contributed by atoms with Crippen LogP contribution in [0.3, 0.4) is 0 Å². The van der Waals surface area contributed by atoms with Gasteiger partial charge in [-0.1, -0.05) is 30.8 Å². The Morgan fingerprint density at radius 2 is 2.29 bits per heavy atom. The Labute approximate surface area is 54.5 Å². The fourth-order valence-corrected chi connectivity index (χ4v) is 0.538. The Bertz CT molecular complexity index is 62.7. The average molecular weight is 137 g/mol. The molecule has 0 aromatic rings. The van der Waals surface area contributed by atoms with Gasteiger partial charge in [0.1, 0.15) is 0 Å². The van der Waals surface area contributed by atoms with E-state index in [1.165, 1.54) is 5.54 Å². The van der Waals surface area contributed by atoms with Gasteiger partial charge in [0.25, 0.3) is 6.13 Å². The lowest BCUT2D eigenvalue weighted by Crippen LogP contribution is -1.93. The molecule has 0 aliphatic carbocycles. The summed E-state index contributed by atoms with van der Waals surface area (Å²) < 4.78 is 0. The molecule has 0 aliphatic rings. The van der Waals surface area contributed by atoms with E-state index < -0.39 is 0 Å². The van der Waals surface area contributed by atoms with Crippen molar-refractivity contribution >= 4 is 29.2 Å². The lowest BCUT2D eigenvalue weighted by atomic mass is 9.74. The van der Waals surface area contributed by atoms with Gasteiger partial charge in [0.15, 0.2) is 0 Å². The first-order valence-electron chi connectivity index (χ1n) is 2.22. The van der Waals surface area contributed by atoms with Crippen LogP contribution < -0.4 is 0 Å². The quantitative estimate of drug-likeness (QED) is 0.512. The van der Waals surface area contributed by atoms with Crippen molar-refractivity contribution in [1.29, 1.82) is 0 Å². The molecule has 0 radical (unpaired) electrons. The van der Waals surface area contributed by atoms with E-state index in [1.807, 2.05) is 6.92 Å². The Morgan fingerprint density at radius 1 is 1.71 bits per heavy atom. The van der Waals surface area contributed by atoms with Crippen molar-refractivity contribution in [2.75, 3.05) is 0 Å². The highest BCUT2D eigenvalue weighted by Gasteiger charge is 1.97. The van der Waals surface area contributed by atoms with Gasteiger partial charge in [-0.25, -0.2) is 0 Å². The van der Waals surface area contributed by atoms with Crippen LogP contribution in [0.4, 0.5) is 0 Å². The first-order chi connectivity index (χ1) is 3.31. The maximum absolute atomic E-state index is 5.59. The molecule has 0 fully saturated rings. The van der Waals surface area contributed by atoms with Gasteiger partial charge in [-0.15, -0.1) is 0 Å². The summed E-state index contributed by atoms with van der Waals surface area (Å²) in [6, 6.07) is 0. The zero-order chi connectivity index (χ0) is 5.70. The van der Waals surface area contributed by atoms with Crippen LogP contribution in [-0.2, 0) is 0 Å². The SMILES string of the molecule is CCB(Cl)/C=C/Cl. The summed E-state index contributed by atoms with van der Waals surface area (Å²) in [6.45, 7) is 2.01. The molecule has 0 bridgehead atoms. The summed E-state index contributed by atoms with van der Waals surface area (Å²) >= 11 is 10.8. The molecule has 3 heteroatoms. The highest BCUT2D eigenvalue weighted by atomic mass is 35.5. The lowest BCUT2D eigenvalue weighted by molar-refractivity contribution is 1.45. The van der Waals surface area contributed by atoms with E-state index in [9.17, 15) is 0 Å². The lowest BCUT2D eigenvalue weighted by Gasteiger charge is -1.86. The molecule has 0 aromatic carbocycles. The van der Waals surface area contributed by atoms with Crippen molar-refractivity contribution in [3.63, 3.8) is 0 Å². The summed E-state index contributed by atoms with van der Waals surface area (Å²) in [5.41, 5.74) is 1.45. The normalized spacial score (nSPS) is 10.1. The molecule has 0 spiro atoms. The summed E-state index contributed by atoms with van der Waals surface area (Å²) in [6.07, 6.45) is 1.04. The van der Waals surface area contributed by atoms with Gasteiger partial charge in [0.05, 0.1) is 0 Å². The third-order valence-corrected chi connectivity index (χ3v) is 1.27. The number of halogens is 2. The predicted octanol–water partition coefficient (Wildman–Crippen LogP) is 2.53. The molecule has 0 rings (SSSR count). The summed E-state index contributed by atoms with van der Waals surface area (Å²) in [7, 11) is 0. The summed E-state index contributed by atoms with van der Waals surface area (Å²) in [4.78, 5) is 0. The second-order valence-electron chi connectivity index (χ2n) is 1.24. The zero-order valence-corrected chi connectivity index (χ0v) is 5.71. The van der Waals surface area contributed by atoms with Crippen molar-refractivity contribution in [1.82, 2.24) is 0 Å². The molecule has 0 aliphatic heterocycles. The molecule has 0 atom stereocenters. The molecule has 0 N–H and O–H groups in total. The first-order valence-corrected chi connectivity index (χ1v) is 3.09. The van der Waals surface area contributed by atoms with Gasteiger partial charge in [-0.3, -0.25) is 0 Å². The Kier molecular flexibility index (Phi) is 4.79. The zero-order valence-electron chi connectivity index (χ0n) is 4.20. The van der Waals surface area contributed by atoms with E-state index >= 15 is 0 Å². The van der Waals surface area contributed by atoms with E-state index in [2.05, 4.69) is 0 Å². The maximum Gasteiger partial charge on any atom is 0.276 e. The second-order valence-corrected chi connectivity index (χ2v) is 2.06. The van der Waals surface area contributed by atoms with Crippen LogP contribution in [0.5, 0.6) is 0 Å². The minimum atomic E-state index is 0.109. The first kappa shape index (κ1) is 7.38. The van der Waals surface area contributed by atoms with Crippen molar-refractivity contribution in [3.05, 3.63) is 11.5 Å². The molecule has 40 valence electrons. The standard InChI is InChI=1S/C4H7BCl2/c1-2-5(7)3-4-6/h3-4H,2H2,1H3/b4-3+. The van der Waals surface area contributed by atoms with E-state index in [1.54, 1.807) is 5.98 Å².